The van der Waals surface area contributed by atoms with Crippen molar-refractivity contribution in [2.24, 2.45) is 0 Å². The van der Waals surface area contributed by atoms with Crippen molar-refractivity contribution >= 4 is 38.7 Å². The average molecular weight is 289 g/mol. The number of sulfone groups is 1. The van der Waals surface area contributed by atoms with Gasteiger partial charge in [-0.05, 0) is 18.6 Å². The van der Waals surface area contributed by atoms with Crippen LogP contribution in [0.5, 0.6) is 0 Å². The monoisotopic (exact) mass is 288 g/mol. The molecule has 0 saturated heterocycles. The zero-order valence-electron chi connectivity index (χ0n) is 9.73. The standard InChI is InChI=1S/C11H13ClN2O3S/c1-18(16,17)6-5-9-11(15)14-10-7(12)3-2-4-8(10)13-9/h2-4,9,13H,5-6H2,1H3,(H,14,15). The minimum atomic E-state index is -3.08. The first kappa shape index (κ1) is 13.2. The third-order valence-corrected chi connectivity index (χ3v) is 3.98. The Hall–Kier alpha value is -1.27. The highest BCUT2D eigenvalue weighted by Gasteiger charge is 2.27. The summed E-state index contributed by atoms with van der Waals surface area (Å²) in [7, 11) is -3.08. The lowest BCUT2D eigenvalue weighted by Crippen LogP contribution is -2.40. The molecule has 1 amide bonds. The van der Waals surface area contributed by atoms with Crippen LogP contribution in [0.15, 0.2) is 18.2 Å². The van der Waals surface area contributed by atoms with E-state index in [0.717, 1.165) is 6.26 Å². The van der Waals surface area contributed by atoms with Gasteiger partial charge in [-0.25, -0.2) is 8.42 Å². The molecule has 2 rings (SSSR count). The maximum Gasteiger partial charge on any atom is 0.246 e. The summed E-state index contributed by atoms with van der Waals surface area (Å²) >= 11 is 5.95. The van der Waals surface area contributed by atoms with E-state index in [-0.39, 0.29) is 18.1 Å². The van der Waals surface area contributed by atoms with E-state index in [1.807, 2.05) is 0 Å². The van der Waals surface area contributed by atoms with Crippen LogP contribution in [0.2, 0.25) is 5.02 Å². The van der Waals surface area contributed by atoms with Crippen LogP contribution < -0.4 is 10.6 Å². The second-order valence-electron chi connectivity index (χ2n) is 4.27. The summed E-state index contributed by atoms with van der Waals surface area (Å²) < 4.78 is 22.2. The molecule has 0 bridgehead atoms. The Bertz CT molecular complexity index is 586. The SMILES string of the molecule is CS(=O)(=O)CCC1Nc2cccc(Cl)c2NC1=O. The van der Waals surface area contributed by atoms with Gasteiger partial charge in [-0.1, -0.05) is 17.7 Å². The molecule has 1 heterocycles. The molecule has 7 heteroatoms. The number of amides is 1. The van der Waals surface area contributed by atoms with Crippen molar-refractivity contribution < 1.29 is 13.2 Å². The molecule has 0 radical (unpaired) electrons. The van der Waals surface area contributed by atoms with Gasteiger partial charge in [-0.15, -0.1) is 0 Å². The number of hydrogen-bond donors (Lipinski definition) is 2. The van der Waals surface area contributed by atoms with Crippen LogP contribution in [0.4, 0.5) is 11.4 Å². The zero-order valence-corrected chi connectivity index (χ0v) is 11.3. The lowest BCUT2D eigenvalue weighted by Gasteiger charge is -2.27. The summed E-state index contributed by atoms with van der Waals surface area (Å²) in [5, 5.41) is 6.14. The molecule has 5 nitrogen and oxygen atoms in total. The highest BCUT2D eigenvalue weighted by Crippen LogP contribution is 2.33. The minimum absolute atomic E-state index is 0.0337. The van der Waals surface area contributed by atoms with Crippen molar-refractivity contribution in [3.63, 3.8) is 0 Å². The summed E-state index contributed by atoms with van der Waals surface area (Å²) in [6, 6.07) is 4.68. The number of nitrogens with one attached hydrogen (secondary N) is 2. The maximum absolute atomic E-state index is 11.8. The van der Waals surface area contributed by atoms with E-state index in [0.29, 0.717) is 16.4 Å². The molecule has 2 N–H and O–H groups in total. The Labute approximate surface area is 110 Å². The Kier molecular flexibility index (Phi) is 3.49. The van der Waals surface area contributed by atoms with Gasteiger partial charge >= 0.3 is 0 Å². The Balaban J connectivity index is 2.16. The van der Waals surface area contributed by atoms with Gasteiger partial charge in [-0.2, -0.15) is 0 Å². The number of fused-ring (bicyclic) bond motifs is 1. The van der Waals surface area contributed by atoms with Crippen molar-refractivity contribution in [2.75, 3.05) is 22.6 Å². The fourth-order valence-electron chi connectivity index (χ4n) is 1.77. The molecule has 18 heavy (non-hydrogen) atoms. The van der Waals surface area contributed by atoms with Crippen molar-refractivity contribution in [3.05, 3.63) is 23.2 Å². The number of rotatable bonds is 3. The van der Waals surface area contributed by atoms with Crippen molar-refractivity contribution in [1.82, 2.24) is 0 Å². The molecule has 1 aromatic carbocycles. The molecular formula is C11H13ClN2O3S. The highest BCUT2D eigenvalue weighted by molar-refractivity contribution is 7.90. The highest BCUT2D eigenvalue weighted by atomic mass is 35.5. The number of halogens is 1. The predicted molar refractivity (Wildman–Crippen MR) is 71.8 cm³/mol. The number of carbonyl (C=O) groups is 1. The average Bonchev–Trinajstić information content (AvgIpc) is 2.27. The molecule has 1 aromatic rings. The van der Waals surface area contributed by atoms with E-state index >= 15 is 0 Å². The van der Waals surface area contributed by atoms with Gasteiger partial charge in [-0.3, -0.25) is 4.79 Å². The summed E-state index contributed by atoms with van der Waals surface area (Å²) in [5.41, 5.74) is 1.25. The second-order valence-corrected chi connectivity index (χ2v) is 6.93. The van der Waals surface area contributed by atoms with Crippen LogP contribution in [0.3, 0.4) is 0 Å². The Morgan fingerprint density at radius 2 is 2.11 bits per heavy atom. The van der Waals surface area contributed by atoms with Gasteiger partial charge in [0, 0.05) is 6.26 Å². The van der Waals surface area contributed by atoms with Gasteiger partial charge < -0.3 is 10.6 Å². The molecule has 0 aliphatic carbocycles. The number of para-hydroxylation sites is 1. The van der Waals surface area contributed by atoms with Crippen molar-refractivity contribution in [3.8, 4) is 0 Å². The van der Waals surface area contributed by atoms with Crippen molar-refractivity contribution in [1.29, 1.82) is 0 Å². The normalized spacial score (nSPS) is 18.8. The van der Waals surface area contributed by atoms with E-state index in [9.17, 15) is 13.2 Å². The van der Waals surface area contributed by atoms with Gasteiger partial charge in [0.25, 0.3) is 0 Å². The Morgan fingerprint density at radius 1 is 1.39 bits per heavy atom. The lowest BCUT2D eigenvalue weighted by atomic mass is 10.1. The van der Waals surface area contributed by atoms with E-state index in [4.69, 9.17) is 11.6 Å². The van der Waals surface area contributed by atoms with Crippen LogP contribution >= 0.6 is 11.6 Å². The molecular weight excluding hydrogens is 276 g/mol. The van der Waals surface area contributed by atoms with Gasteiger partial charge in [0.1, 0.15) is 15.9 Å². The molecule has 0 aromatic heterocycles. The minimum Gasteiger partial charge on any atom is -0.372 e. The van der Waals surface area contributed by atoms with E-state index < -0.39 is 15.9 Å². The van der Waals surface area contributed by atoms with Gasteiger partial charge in [0.15, 0.2) is 0 Å². The largest absolute Gasteiger partial charge is 0.372 e. The van der Waals surface area contributed by atoms with Gasteiger partial charge in [0.2, 0.25) is 5.91 Å². The van der Waals surface area contributed by atoms with Crippen LogP contribution in [-0.2, 0) is 14.6 Å². The zero-order chi connectivity index (χ0) is 13.3. The Morgan fingerprint density at radius 3 is 2.78 bits per heavy atom. The molecule has 0 saturated carbocycles. The fourth-order valence-corrected chi connectivity index (χ4v) is 2.66. The van der Waals surface area contributed by atoms with Crippen molar-refractivity contribution in [2.45, 2.75) is 12.5 Å². The molecule has 0 spiro atoms. The predicted octanol–water partition coefficient (Wildman–Crippen LogP) is 1.51. The van der Waals surface area contributed by atoms with Crippen LogP contribution in [0.1, 0.15) is 6.42 Å². The summed E-state index contributed by atoms with van der Waals surface area (Å²) in [5.74, 6) is -0.298. The smallest absolute Gasteiger partial charge is 0.246 e. The molecule has 1 aliphatic heterocycles. The molecule has 0 fully saturated rings. The molecule has 1 aliphatic rings. The number of carbonyl (C=O) groups excluding carboxylic acids is 1. The molecule has 1 atom stereocenters. The number of anilines is 2. The quantitative estimate of drug-likeness (QED) is 0.884. The molecule has 98 valence electrons. The van der Waals surface area contributed by atoms with Crippen LogP contribution in [0.25, 0.3) is 0 Å². The molecule has 1 unspecified atom stereocenters. The maximum atomic E-state index is 11.8. The first-order valence-electron chi connectivity index (χ1n) is 5.40. The van der Waals surface area contributed by atoms with E-state index in [2.05, 4.69) is 10.6 Å². The summed E-state index contributed by atoms with van der Waals surface area (Å²) in [6.45, 7) is 0. The summed E-state index contributed by atoms with van der Waals surface area (Å²) in [4.78, 5) is 11.8. The van der Waals surface area contributed by atoms with Crippen LogP contribution in [0, 0.1) is 0 Å². The first-order chi connectivity index (χ1) is 8.37. The fraction of sp³-hybridized carbons (Fsp3) is 0.364. The van der Waals surface area contributed by atoms with Gasteiger partial charge in [0.05, 0.1) is 22.2 Å². The van der Waals surface area contributed by atoms with E-state index in [1.165, 1.54) is 0 Å². The lowest BCUT2D eigenvalue weighted by molar-refractivity contribution is -0.117. The topological polar surface area (TPSA) is 75.3 Å². The second kappa shape index (κ2) is 4.78. The summed E-state index contributed by atoms with van der Waals surface area (Å²) in [6.07, 6.45) is 1.38. The third kappa shape index (κ3) is 2.94. The first-order valence-corrected chi connectivity index (χ1v) is 7.84. The third-order valence-electron chi connectivity index (χ3n) is 2.69. The number of benzene rings is 1. The van der Waals surface area contributed by atoms with E-state index in [1.54, 1.807) is 18.2 Å². The van der Waals surface area contributed by atoms with Crippen LogP contribution in [-0.4, -0.2) is 32.4 Å². The number of hydrogen-bond acceptors (Lipinski definition) is 4.